The van der Waals surface area contributed by atoms with E-state index in [-0.39, 0.29) is 17.8 Å². The fourth-order valence-corrected chi connectivity index (χ4v) is 6.77. The number of hydrogen-bond donors (Lipinski definition) is 2. The van der Waals surface area contributed by atoms with Gasteiger partial charge in [-0.25, -0.2) is 13.2 Å². The number of hydrogen-bond acceptors (Lipinski definition) is 5. The molecule has 0 fully saturated rings. The monoisotopic (exact) mass is 480 g/mol. The van der Waals surface area contributed by atoms with E-state index in [1.54, 1.807) is 55.6 Å². The first-order valence-corrected chi connectivity index (χ1v) is 12.8. The van der Waals surface area contributed by atoms with Crippen LogP contribution in [0.5, 0.6) is 0 Å². The van der Waals surface area contributed by atoms with Gasteiger partial charge in [-0.3, -0.25) is 9.29 Å². The lowest BCUT2D eigenvalue weighted by molar-refractivity contribution is 0.262. The molecule has 1 atom stereocenters. The molecule has 1 aromatic heterocycles. The highest BCUT2D eigenvalue weighted by molar-refractivity contribution is 8.19. The van der Waals surface area contributed by atoms with Crippen molar-refractivity contribution in [3.63, 3.8) is 0 Å². The van der Waals surface area contributed by atoms with Crippen molar-refractivity contribution in [3.8, 4) is 0 Å². The second-order valence-electron chi connectivity index (χ2n) is 7.28. The Hall–Kier alpha value is -3.30. The maximum atomic E-state index is 13.3. The average molecular weight is 481 g/mol. The Morgan fingerprint density at radius 3 is 2.30 bits per heavy atom. The van der Waals surface area contributed by atoms with Gasteiger partial charge in [-0.05, 0) is 61.9 Å². The van der Waals surface area contributed by atoms with E-state index in [4.69, 9.17) is 0 Å². The second-order valence-corrected chi connectivity index (χ2v) is 10.6. The van der Waals surface area contributed by atoms with Gasteiger partial charge in [0.25, 0.3) is 10.0 Å². The summed E-state index contributed by atoms with van der Waals surface area (Å²) >= 11 is 1.33. The van der Waals surface area contributed by atoms with E-state index in [1.807, 2.05) is 36.4 Å². The van der Waals surface area contributed by atoms with Crippen molar-refractivity contribution in [2.45, 2.75) is 18.6 Å². The van der Waals surface area contributed by atoms with Gasteiger partial charge in [-0.1, -0.05) is 30.3 Å². The number of amides is 2. The fourth-order valence-electron chi connectivity index (χ4n) is 3.48. The summed E-state index contributed by atoms with van der Waals surface area (Å²) in [7, 11) is -3.69. The van der Waals surface area contributed by atoms with Gasteiger partial charge >= 0.3 is 6.03 Å². The number of pyridine rings is 1. The number of nitrogens with zero attached hydrogens (tertiary/aromatic N) is 2. The molecule has 0 aliphatic carbocycles. The summed E-state index contributed by atoms with van der Waals surface area (Å²) in [5.74, 6) is 0. The van der Waals surface area contributed by atoms with E-state index >= 15 is 0 Å². The number of urea groups is 1. The van der Waals surface area contributed by atoms with Crippen LogP contribution in [-0.2, 0) is 10.0 Å². The Morgan fingerprint density at radius 2 is 1.67 bits per heavy atom. The topological polar surface area (TPSA) is 91.4 Å². The van der Waals surface area contributed by atoms with E-state index in [0.717, 1.165) is 5.69 Å². The van der Waals surface area contributed by atoms with Crippen molar-refractivity contribution in [2.24, 2.45) is 0 Å². The fraction of sp³-hybridized carbons (Fsp3) is 0.167. The molecule has 2 amide bonds. The van der Waals surface area contributed by atoms with Gasteiger partial charge < -0.3 is 10.6 Å². The molecule has 2 aromatic carbocycles. The van der Waals surface area contributed by atoms with Crippen molar-refractivity contribution in [1.82, 2.24) is 4.98 Å². The Kier molecular flexibility index (Phi) is 7.00. The molecule has 0 radical (unpaired) electrons. The van der Waals surface area contributed by atoms with E-state index < -0.39 is 10.0 Å². The molecule has 9 heteroatoms. The molecule has 0 saturated carbocycles. The quantitative estimate of drug-likeness (QED) is 0.459. The maximum Gasteiger partial charge on any atom is 0.323 e. The summed E-state index contributed by atoms with van der Waals surface area (Å²) in [6.45, 7) is 2.09. The number of thioether (sulfide) groups is 1. The number of allylic oxidation sites excluding steroid dienone is 1. The molecule has 2 N–H and O–H groups in total. The predicted octanol–water partition coefficient (Wildman–Crippen LogP) is 5.60. The minimum absolute atomic E-state index is 0.00983. The SMILES string of the molecule is CCN(c1ccc(NC(=O)Nc2ccccc2)cc1)S(=O)(=O)C1=CCC(c2ccccn2)S1. The molecular weight excluding hydrogens is 456 g/mol. The van der Waals surface area contributed by atoms with E-state index in [2.05, 4.69) is 15.6 Å². The van der Waals surface area contributed by atoms with Crippen LogP contribution in [0.15, 0.2) is 89.3 Å². The summed E-state index contributed by atoms with van der Waals surface area (Å²) in [5.41, 5.74) is 2.65. The zero-order valence-electron chi connectivity index (χ0n) is 18.0. The number of carbonyl (C=O) groups excluding carboxylic acids is 1. The van der Waals surface area contributed by atoms with Gasteiger partial charge in [-0.2, -0.15) is 0 Å². The number of aromatic nitrogens is 1. The number of anilines is 3. The number of rotatable bonds is 7. The second kappa shape index (κ2) is 10.1. The largest absolute Gasteiger partial charge is 0.323 e. The van der Waals surface area contributed by atoms with Crippen molar-refractivity contribution in [3.05, 3.63) is 95.0 Å². The summed E-state index contributed by atoms with van der Waals surface area (Å²) in [6.07, 6.45) is 4.11. The first kappa shape index (κ1) is 22.9. The van der Waals surface area contributed by atoms with Crippen molar-refractivity contribution < 1.29 is 13.2 Å². The first-order chi connectivity index (χ1) is 16.0. The van der Waals surface area contributed by atoms with Crippen LogP contribution in [0.2, 0.25) is 0 Å². The Balaban J connectivity index is 1.43. The van der Waals surface area contributed by atoms with Crippen LogP contribution in [0.25, 0.3) is 0 Å². The van der Waals surface area contributed by atoms with Crippen LogP contribution >= 0.6 is 11.8 Å². The molecule has 0 spiro atoms. The van der Waals surface area contributed by atoms with Gasteiger partial charge in [-0.15, -0.1) is 11.8 Å². The third-order valence-corrected chi connectivity index (χ3v) is 8.81. The van der Waals surface area contributed by atoms with Crippen molar-refractivity contribution >= 4 is 44.9 Å². The summed E-state index contributed by atoms with van der Waals surface area (Å²) in [6, 6.07) is 21.2. The molecule has 3 aromatic rings. The number of para-hydroxylation sites is 1. The van der Waals surface area contributed by atoms with Crippen LogP contribution in [-0.4, -0.2) is 26.0 Å². The molecule has 2 heterocycles. The minimum Gasteiger partial charge on any atom is -0.308 e. The third kappa shape index (κ3) is 5.37. The van der Waals surface area contributed by atoms with Crippen LogP contribution in [0, 0.1) is 0 Å². The Morgan fingerprint density at radius 1 is 1.00 bits per heavy atom. The molecule has 4 rings (SSSR count). The number of nitrogens with one attached hydrogen (secondary N) is 2. The first-order valence-electron chi connectivity index (χ1n) is 10.5. The van der Waals surface area contributed by atoms with Crippen LogP contribution in [0.3, 0.4) is 0 Å². The Bertz CT molecular complexity index is 1230. The predicted molar refractivity (Wildman–Crippen MR) is 135 cm³/mol. The van der Waals surface area contributed by atoms with E-state index in [9.17, 15) is 13.2 Å². The summed E-state index contributed by atoms with van der Waals surface area (Å²) in [5, 5.41) is 5.49. The lowest BCUT2D eigenvalue weighted by Gasteiger charge is -2.24. The summed E-state index contributed by atoms with van der Waals surface area (Å²) < 4.78 is 28.4. The van der Waals surface area contributed by atoms with Crippen molar-refractivity contribution in [1.29, 1.82) is 0 Å². The van der Waals surface area contributed by atoms with Gasteiger partial charge in [0.05, 0.1) is 16.6 Å². The molecule has 1 aliphatic heterocycles. The average Bonchev–Trinajstić information content (AvgIpc) is 3.33. The highest BCUT2D eigenvalue weighted by Gasteiger charge is 2.33. The van der Waals surface area contributed by atoms with Crippen molar-refractivity contribution in [2.75, 3.05) is 21.5 Å². The van der Waals surface area contributed by atoms with Crippen LogP contribution in [0.1, 0.15) is 24.3 Å². The highest BCUT2D eigenvalue weighted by atomic mass is 32.3. The van der Waals surface area contributed by atoms with Crippen LogP contribution < -0.4 is 14.9 Å². The molecule has 1 unspecified atom stereocenters. The molecule has 7 nitrogen and oxygen atoms in total. The molecule has 1 aliphatic rings. The molecule has 33 heavy (non-hydrogen) atoms. The zero-order chi connectivity index (χ0) is 23.3. The molecule has 170 valence electrons. The lowest BCUT2D eigenvalue weighted by atomic mass is 10.2. The van der Waals surface area contributed by atoms with Gasteiger partial charge in [0.2, 0.25) is 0 Å². The third-order valence-electron chi connectivity index (χ3n) is 5.05. The molecule has 0 bridgehead atoms. The highest BCUT2D eigenvalue weighted by Crippen LogP contribution is 2.46. The zero-order valence-corrected chi connectivity index (χ0v) is 19.6. The summed E-state index contributed by atoms with van der Waals surface area (Å²) in [4.78, 5) is 16.6. The minimum atomic E-state index is -3.69. The normalized spacial score (nSPS) is 15.5. The number of benzene rings is 2. The molecule has 0 saturated heterocycles. The van der Waals surface area contributed by atoms with Crippen LogP contribution in [0.4, 0.5) is 21.9 Å². The van der Waals surface area contributed by atoms with E-state index in [1.165, 1.54) is 16.1 Å². The lowest BCUT2D eigenvalue weighted by Crippen LogP contribution is -2.30. The van der Waals surface area contributed by atoms with E-state index in [0.29, 0.717) is 27.7 Å². The maximum absolute atomic E-state index is 13.3. The Labute approximate surface area is 198 Å². The standard InChI is InChI=1S/C24H24N4O3S2/c1-2-28(33(30,31)23-16-15-22(32-23)21-10-6-7-17-25-21)20-13-11-19(12-14-20)27-24(29)26-18-8-4-3-5-9-18/h3-14,16-17,22H,2,15H2,1H3,(H2,26,27,29). The number of sulfonamides is 1. The van der Waals surface area contributed by atoms with Gasteiger partial charge in [0.15, 0.2) is 0 Å². The molecular formula is C24H24N4O3S2. The van der Waals surface area contributed by atoms with Gasteiger partial charge in [0.1, 0.15) is 4.24 Å². The smallest absolute Gasteiger partial charge is 0.308 e. The van der Waals surface area contributed by atoms with Gasteiger partial charge in [0, 0.05) is 24.1 Å². The number of carbonyl (C=O) groups is 1.